The van der Waals surface area contributed by atoms with Crippen LogP contribution in [0.15, 0.2) is 46.6 Å². The first-order valence-electron chi connectivity index (χ1n) is 8.98. The maximum absolute atomic E-state index is 11.8. The van der Waals surface area contributed by atoms with Crippen molar-refractivity contribution in [2.75, 3.05) is 6.61 Å². The first kappa shape index (κ1) is 23.1. The molecule has 0 aliphatic rings. The average molecular weight is 347 g/mol. The highest BCUT2D eigenvalue weighted by molar-refractivity contribution is 6.02. The van der Waals surface area contributed by atoms with Crippen LogP contribution in [-0.4, -0.2) is 18.4 Å². The normalized spacial score (nSPS) is 11.8. The third-order valence-corrected chi connectivity index (χ3v) is 3.58. The lowest BCUT2D eigenvalue weighted by Crippen LogP contribution is -2.10. The van der Waals surface area contributed by atoms with E-state index in [2.05, 4.69) is 39.8 Å². The molecule has 0 bridgehead atoms. The summed E-state index contributed by atoms with van der Waals surface area (Å²) in [6.07, 6.45) is 11.3. The van der Waals surface area contributed by atoms with Crippen molar-refractivity contribution < 1.29 is 14.3 Å². The van der Waals surface area contributed by atoms with Crippen LogP contribution in [0.4, 0.5) is 0 Å². The SMILES string of the molecule is CC(C)=CCC/C(C)=C/COC(=O)CC(=O)/C=C(\C)CCC=C(C)C. The van der Waals surface area contributed by atoms with Crippen molar-refractivity contribution in [2.24, 2.45) is 0 Å². The molecule has 3 heteroatoms. The minimum absolute atomic E-state index is 0.190. The number of allylic oxidation sites excluding steroid dienone is 7. The van der Waals surface area contributed by atoms with Gasteiger partial charge in [0.05, 0.1) is 0 Å². The Morgan fingerprint density at radius 1 is 0.760 bits per heavy atom. The summed E-state index contributed by atoms with van der Waals surface area (Å²) in [7, 11) is 0. The summed E-state index contributed by atoms with van der Waals surface area (Å²) in [5, 5.41) is 0. The predicted molar refractivity (Wildman–Crippen MR) is 105 cm³/mol. The summed E-state index contributed by atoms with van der Waals surface area (Å²) in [6, 6.07) is 0. The molecule has 0 aromatic heterocycles. The van der Waals surface area contributed by atoms with Gasteiger partial charge in [0, 0.05) is 0 Å². The standard InChI is InChI=1S/C22H34O3/c1-17(2)9-7-11-19(5)13-14-25-22(24)16-21(23)15-20(6)12-8-10-18(3)4/h9-10,13,15H,7-8,11-12,14,16H2,1-6H3/b19-13+,20-15+. The molecule has 0 spiro atoms. The molecule has 25 heavy (non-hydrogen) atoms. The second-order valence-electron chi connectivity index (χ2n) is 7.01. The molecule has 0 saturated carbocycles. The van der Waals surface area contributed by atoms with E-state index < -0.39 is 5.97 Å². The highest BCUT2D eigenvalue weighted by atomic mass is 16.5. The quantitative estimate of drug-likeness (QED) is 0.203. The van der Waals surface area contributed by atoms with Crippen LogP contribution in [0.1, 0.15) is 73.6 Å². The second-order valence-corrected chi connectivity index (χ2v) is 7.01. The van der Waals surface area contributed by atoms with Crippen molar-refractivity contribution in [3.8, 4) is 0 Å². The van der Waals surface area contributed by atoms with Crippen LogP contribution in [0.25, 0.3) is 0 Å². The van der Waals surface area contributed by atoms with Crippen LogP contribution in [0.5, 0.6) is 0 Å². The van der Waals surface area contributed by atoms with Gasteiger partial charge in [-0.2, -0.15) is 0 Å². The molecule has 0 fully saturated rings. The Morgan fingerprint density at radius 2 is 1.28 bits per heavy atom. The van der Waals surface area contributed by atoms with Gasteiger partial charge in [-0.3, -0.25) is 9.59 Å². The van der Waals surface area contributed by atoms with Crippen molar-refractivity contribution in [2.45, 2.75) is 73.6 Å². The van der Waals surface area contributed by atoms with Gasteiger partial charge in [0.2, 0.25) is 0 Å². The van der Waals surface area contributed by atoms with Crippen LogP contribution < -0.4 is 0 Å². The fourth-order valence-electron chi connectivity index (χ4n) is 2.15. The van der Waals surface area contributed by atoms with E-state index in [9.17, 15) is 9.59 Å². The van der Waals surface area contributed by atoms with Gasteiger partial charge >= 0.3 is 5.97 Å². The molecule has 0 aromatic carbocycles. The fourth-order valence-corrected chi connectivity index (χ4v) is 2.15. The first-order valence-corrected chi connectivity index (χ1v) is 8.98. The minimum Gasteiger partial charge on any atom is -0.461 e. The van der Waals surface area contributed by atoms with Crippen molar-refractivity contribution >= 4 is 11.8 Å². The number of carbonyl (C=O) groups is 2. The lowest BCUT2D eigenvalue weighted by molar-refractivity contribution is -0.144. The molecular weight excluding hydrogens is 312 g/mol. The molecule has 140 valence electrons. The van der Waals surface area contributed by atoms with Gasteiger partial charge in [0.25, 0.3) is 0 Å². The van der Waals surface area contributed by atoms with Gasteiger partial charge in [-0.05, 0) is 79.4 Å². The summed E-state index contributed by atoms with van der Waals surface area (Å²) >= 11 is 0. The molecule has 0 aliphatic carbocycles. The monoisotopic (exact) mass is 346 g/mol. The molecule has 0 aromatic rings. The molecule has 0 saturated heterocycles. The van der Waals surface area contributed by atoms with Gasteiger partial charge in [-0.1, -0.05) is 34.4 Å². The molecule has 3 nitrogen and oxygen atoms in total. The van der Waals surface area contributed by atoms with Crippen LogP contribution >= 0.6 is 0 Å². The largest absolute Gasteiger partial charge is 0.461 e. The maximum Gasteiger partial charge on any atom is 0.313 e. The predicted octanol–water partition coefficient (Wildman–Crippen LogP) is 5.87. The Kier molecular flexibility index (Phi) is 12.4. The van der Waals surface area contributed by atoms with E-state index in [1.165, 1.54) is 16.7 Å². The summed E-state index contributed by atoms with van der Waals surface area (Å²) in [4.78, 5) is 23.6. The maximum atomic E-state index is 11.8. The molecule has 0 heterocycles. The van der Waals surface area contributed by atoms with Crippen molar-refractivity contribution in [3.63, 3.8) is 0 Å². The number of hydrogen-bond donors (Lipinski definition) is 0. The molecule has 0 amide bonds. The lowest BCUT2D eigenvalue weighted by Gasteiger charge is -2.03. The zero-order valence-electron chi connectivity index (χ0n) is 16.8. The molecule has 0 rings (SSSR count). The van der Waals surface area contributed by atoms with E-state index in [0.717, 1.165) is 31.3 Å². The Bertz CT molecular complexity index is 552. The van der Waals surface area contributed by atoms with E-state index in [4.69, 9.17) is 4.74 Å². The minimum atomic E-state index is -0.466. The molecule has 0 N–H and O–H groups in total. The summed E-state index contributed by atoms with van der Waals surface area (Å²) in [6.45, 7) is 12.4. The van der Waals surface area contributed by atoms with E-state index >= 15 is 0 Å². The van der Waals surface area contributed by atoms with Crippen molar-refractivity contribution in [1.82, 2.24) is 0 Å². The van der Waals surface area contributed by atoms with Gasteiger partial charge in [0.1, 0.15) is 13.0 Å². The highest BCUT2D eigenvalue weighted by Gasteiger charge is 2.08. The third-order valence-electron chi connectivity index (χ3n) is 3.58. The summed E-state index contributed by atoms with van der Waals surface area (Å²) in [5.41, 5.74) is 4.76. The topological polar surface area (TPSA) is 43.4 Å². The highest BCUT2D eigenvalue weighted by Crippen LogP contribution is 2.08. The zero-order chi connectivity index (χ0) is 19.2. The summed E-state index contributed by atoms with van der Waals surface area (Å²) < 4.78 is 5.11. The smallest absolute Gasteiger partial charge is 0.313 e. The molecular formula is C22H34O3. The van der Waals surface area contributed by atoms with Crippen LogP contribution in [0.3, 0.4) is 0 Å². The Morgan fingerprint density at radius 3 is 1.80 bits per heavy atom. The number of ketones is 1. The van der Waals surface area contributed by atoms with Crippen molar-refractivity contribution in [3.05, 3.63) is 46.6 Å². The van der Waals surface area contributed by atoms with E-state index in [1.807, 2.05) is 19.9 Å². The van der Waals surface area contributed by atoms with Gasteiger partial charge in [0.15, 0.2) is 5.78 Å². The molecule has 0 aliphatic heterocycles. The Hall–Kier alpha value is -1.90. The molecule has 0 radical (unpaired) electrons. The first-order chi connectivity index (χ1) is 11.7. The van der Waals surface area contributed by atoms with E-state index in [1.54, 1.807) is 6.08 Å². The Labute approximate surface area is 153 Å². The molecule has 0 atom stereocenters. The van der Waals surface area contributed by atoms with Gasteiger partial charge in [-0.15, -0.1) is 0 Å². The van der Waals surface area contributed by atoms with E-state index in [0.29, 0.717) is 0 Å². The van der Waals surface area contributed by atoms with Crippen LogP contribution in [0.2, 0.25) is 0 Å². The van der Waals surface area contributed by atoms with Crippen LogP contribution in [0, 0.1) is 0 Å². The molecule has 0 unspecified atom stereocenters. The van der Waals surface area contributed by atoms with Crippen LogP contribution in [-0.2, 0) is 14.3 Å². The van der Waals surface area contributed by atoms with E-state index in [-0.39, 0.29) is 18.8 Å². The van der Waals surface area contributed by atoms with Gasteiger partial charge < -0.3 is 4.74 Å². The second kappa shape index (κ2) is 13.4. The average Bonchev–Trinajstić information content (AvgIpc) is 2.45. The Balaban J connectivity index is 4.14. The fraction of sp³-hybridized carbons (Fsp3) is 0.545. The van der Waals surface area contributed by atoms with Gasteiger partial charge in [-0.25, -0.2) is 0 Å². The number of hydrogen-bond acceptors (Lipinski definition) is 3. The number of esters is 1. The summed E-state index contributed by atoms with van der Waals surface area (Å²) in [5.74, 6) is -0.657. The lowest BCUT2D eigenvalue weighted by atomic mass is 10.1. The zero-order valence-corrected chi connectivity index (χ0v) is 16.8. The number of carbonyl (C=O) groups excluding carboxylic acids is 2. The number of rotatable bonds is 11. The third kappa shape index (κ3) is 15.4. The van der Waals surface area contributed by atoms with Crippen molar-refractivity contribution in [1.29, 1.82) is 0 Å². The number of ether oxygens (including phenoxy) is 1.